The Kier molecular flexibility index (Phi) is 1.61. The van der Waals surface area contributed by atoms with Gasteiger partial charge in [0.1, 0.15) is 0 Å². The van der Waals surface area contributed by atoms with Gasteiger partial charge in [0.25, 0.3) is 0 Å². The van der Waals surface area contributed by atoms with E-state index >= 15 is 0 Å². The molecule has 2 rings (SSSR count). The zero-order valence-corrected chi connectivity index (χ0v) is 8.78. The Morgan fingerprint density at radius 3 is 2.33 bits per heavy atom. The highest BCUT2D eigenvalue weighted by molar-refractivity contribution is 5.23. The van der Waals surface area contributed by atoms with Gasteiger partial charge in [-0.3, -0.25) is 0 Å². The summed E-state index contributed by atoms with van der Waals surface area (Å²) in [6.45, 7) is 8.55. The van der Waals surface area contributed by atoms with Crippen molar-refractivity contribution >= 4 is 0 Å². The Bertz CT molecular complexity index is 197. The molecule has 1 heteroatoms. The lowest BCUT2D eigenvalue weighted by atomic mass is 9.67. The fourth-order valence-corrected chi connectivity index (χ4v) is 3.86. The van der Waals surface area contributed by atoms with E-state index in [9.17, 15) is 0 Å². The van der Waals surface area contributed by atoms with E-state index in [1.807, 2.05) is 0 Å². The highest BCUT2D eigenvalue weighted by Gasteiger charge is 2.74. The van der Waals surface area contributed by atoms with E-state index in [1.54, 1.807) is 0 Å². The van der Waals surface area contributed by atoms with Crippen LogP contribution in [0.2, 0.25) is 0 Å². The van der Waals surface area contributed by atoms with Crippen molar-refractivity contribution in [2.24, 2.45) is 22.7 Å². The molecule has 0 aromatic carbocycles. The summed E-state index contributed by atoms with van der Waals surface area (Å²) in [4.78, 5) is 0. The molecule has 1 nitrogen and oxygen atoms in total. The SMILES string of the molecule is CNCC1C(C)(C)C12CCC2C. The average molecular weight is 167 g/mol. The zero-order valence-electron chi connectivity index (χ0n) is 8.78. The van der Waals surface area contributed by atoms with Gasteiger partial charge in [-0.15, -0.1) is 0 Å². The van der Waals surface area contributed by atoms with Gasteiger partial charge in [-0.1, -0.05) is 20.8 Å². The molecule has 0 bridgehead atoms. The standard InChI is InChI=1S/C11H21N/c1-8-5-6-11(8)9(7-12-4)10(11,2)3/h8-9,12H,5-7H2,1-4H3. The number of hydrogen-bond acceptors (Lipinski definition) is 1. The molecule has 0 aliphatic heterocycles. The summed E-state index contributed by atoms with van der Waals surface area (Å²) in [7, 11) is 2.07. The van der Waals surface area contributed by atoms with Crippen LogP contribution >= 0.6 is 0 Å². The fraction of sp³-hybridized carbons (Fsp3) is 1.00. The molecule has 0 heterocycles. The van der Waals surface area contributed by atoms with Crippen molar-refractivity contribution in [2.45, 2.75) is 33.6 Å². The monoisotopic (exact) mass is 167 g/mol. The third-order valence-electron chi connectivity index (χ3n) is 4.89. The number of hydrogen-bond donors (Lipinski definition) is 1. The van der Waals surface area contributed by atoms with Crippen molar-refractivity contribution in [1.29, 1.82) is 0 Å². The van der Waals surface area contributed by atoms with Crippen LogP contribution in [-0.2, 0) is 0 Å². The second-order valence-corrected chi connectivity index (χ2v) is 5.31. The molecule has 2 aliphatic carbocycles. The summed E-state index contributed by atoms with van der Waals surface area (Å²) in [6, 6.07) is 0. The maximum atomic E-state index is 3.33. The molecule has 1 N–H and O–H groups in total. The second-order valence-electron chi connectivity index (χ2n) is 5.31. The van der Waals surface area contributed by atoms with E-state index in [4.69, 9.17) is 0 Å². The van der Waals surface area contributed by atoms with Crippen LogP contribution in [0.15, 0.2) is 0 Å². The van der Waals surface area contributed by atoms with Gasteiger partial charge in [-0.05, 0) is 49.1 Å². The van der Waals surface area contributed by atoms with Crippen LogP contribution in [0.25, 0.3) is 0 Å². The van der Waals surface area contributed by atoms with Crippen molar-refractivity contribution in [3.05, 3.63) is 0 Å². The maximum Gasteiger partial charge on any atom is -0.00126 e. The summed E-state index contributed by atoms with van der Waals surface area (Å²) in [6.07, 6.45) is 2.94. The minimum atomic E-state index is 0.619. The molecule has 12 heavy (non-hydrogen) atoms. The van der Waals surface area contributed by atoms with Crippen LogP contribution in [0, 0.1) is 22.7 Å². The largest absolute Gasteiger partial charge is 0.319 e. The first-order valence-corrected chi connectivity index (χ1v) is 5.22. The van der Waals surface area contributed by atoms with Gasteiger partial charge in [0.15, 0.2) is 0 Å². The third-order valence-corrected chi connectivity index (χ3v) is 4.89. The molecule has 0 amide bonds. The molecule has 3 unspecified atom stereocenters. The van der Waals surface area contributed by atoms with Crippen LogP contribution in [0.5, 0.6) is 0 Å². The van der Waals surface area contributed by atoms with E-state index in [2.05, 4.69) is 33.1 Å². The topological polar surface area (TPSA) is 12.0 Å². The molecule has 2 fully saturated rings. The molecule has 2 saturated carbocycles. The van der Waals surface area contributed by atoms with Crippen molar-refractivity contribution in [2.75, 3.05) is 13.6 Å². The molecule has 3 atom stereocenters. The van der Waals surface area contributed by atoms with E-state index in [0.29, 0.717) is 5.41 Å². The minimum Gasteiger partial charge on any atom is -0.319 e. The van der Waals surface area contributed by atoms with Gasteiger partial charge in [-0.2, -0.15) is 0 Å². The molecular weight excluding hydrogens is 146 g/mol. The van der Waals surface area contributed by atoms with E-state index in [-0.39, 0.29) is 0 Å². The molecule has 0 saturated heterocycles. The highest BCUT2D eigenvalue weighted by Crippen LogP contribution is 2.79. The van der Waals surface area contributed by atoms with Crippen molar-refractivity contribution in [3.63, 3.8) is 0 Å². The van der Waals surface area contributed by atoms with Crippen molar-refractivity contribution in [1.82, 2.24) is 5.32 Å². The lowest BCUT2D eigenvalue weighted by molar-refractivity contribution is 0.112. The smallest absolute Gasteiger partial charge is 0.00126 e. The summed E-state index contributed by atoms with van der Waals surface area (Å²) >= 11 is 0. The Hall–Kier alpha value is -0.0400. The zero-order chi connectivity index (χ0) is 8.98. The van der Waals surface area contributed by atoms with Gasteiger partial charge >= 0.3 is 0 Å². The Morgan fingerprint density at radius 1 is 1.42 bits per heavy atom. The van der Waals surface area contributed by atoms with Gasteiger partial charge in [0.2, 0.25) is 0 Å². The van der Waals surface area contributed by atoms with Gasteiger partial charge in [-0.25, -0.2) is 0 Å². The van der Waals surface area contributed by atoms with E-state index in [1.165, 1.54) is 19.4 Å². The molecule has 0 aromatic rings. The first kappa shape index (κ1) is 8.55. The molecule has 1 spiro atoms. The summed E-state index contributed by atoms with van der Waals surface area (Å²) < 4.78 is 0. The molecular formula is C11H21N. The third kappa shape index (κ3) is 0.693. The fourth-order valence-electron chi connectivity index (χ4n) is 3.86. The molecule has 0 radical (unpaired) electrons. The van der Waals surface area contributed by atoms with Crippen molar-refractivity contribution in [3.8, 4) is 0 Å². The maximum absolute atomic E-state index is 3.33. The predicted octanol–water partition coefficient (Wildman–Crippen LogP) is 2.28. The number of nitrogens with one attached hydrogen (secondary N) is 1. The average Bonchev–Trinajstić information content (AvgIpc) is 2.49. The first-order valence-electron chi connectivity index (χ1n) is 5.22. The van der Waals surface area contributed by atoms with Crippen molar-refractivity contribution < 1.29 is 0 Å². The van der Waals surface area contributed by atoms with Crippen LogP contribution in [-0.4, -0.2) is 13.6 Å². The van der Waals surface area contributed by atoms with E-state index in [0.717, 1.165) is 17.3 Å². The summed E-state index contributed by atoms with van der Waals surface area (Å²) in [5.41, 5.74) is 1.35. The molecule has 2 aliphatic rings. The van der Waals surface area contributed by atoms with Crippen LogP contribution < -0.4 is 5.32 Å². The minimum absolute atomic E-state index is 0.619. The normalized spacial score (nSPS) is 49.0. The number of rotatable bonds is 2. The van der Waals surface area contributed by atoms with Gasteiger partial charge in [0.05, 0.1) is 0 Å². The quantitative estimate of drug-likeness (QED) is 0.665. The first-order chi connectivity index (χ1) is 5.57. The highest BCUT2D eigenvalue weighted by atomic mass is 14.9. The van der Waals surface area contributed by atoms with Crippen LogP contribution in [0.1, 0.15) is 33.6 Å². The lowest BCUT2D eigenvalue weighted by Crippen LogP contribution is -2.31. The predicted molar refractivity (Wildman–Crippen MR) is 52.0 cm³/mol. The lowest BCUT2D eigenvalue weighted by Gasteiger charge is -2.38. The van der Waals surface area contributed by atoms with Crippen LogP contribution in [0.3, 0.4) is 0 Å². The molecule has 70 valence electrons. The Balaban J connectivity index is 2.10. The summed E-state index contributed by atoms with van der Waals surface area (Å²) in [5, 5.41) is 3.33. The van der Waals surface area contributed by atoms with E-state index < -0.39 is 0 Å². The molecule has 0 aromatic heterocycles. The Morgan fingerprint density at radius 2 is 2.08 bits per heavy atom. The van der Waals surface area contributed by atoms with Crippen LogP contribution in [0.4, 0.5) is 0 Å². The van der Waals surface area contributed by atoms with Gasteiger partial charge in [0, 0.05) is 0 Å². The summed E-state index contributed by atoms with van der Waals surface area (Å²) in [5.74, 6) is 1.92. The second kappa shape index (κ2) is 2.25. The van der Waals surface area contributed by atoms with Gasteiger partial charge < -0.3 is 5.32 Å². The Labute approximate surface area is 75.9 Å².